The first kappa shape index (κ1) is 19.8. The van der Waals surface area contributed by atoms with Crippen LogP contribution in [0.25, 0.3) is 0 Å². The third-order valence-corrected chi connectivity index (χ3v) is 7.47. The minimum atomic E-state index is -0.189. The molecule has 152 valence electrons. The lowest BCUT2D eigenvalue weighted by Crippen LogP contribution is -2.54. The molecular weight excluding hydrogens is 382 g/mol. The molecule has 1 spiro atoms. The second kappa shape index (κ2) is 8.49. The lowest BCUT2D eigenvalue weighted by molar-refractivity contribution is 0.0585. The van der Waals surface area contributed by atoms with Crippen LogP contribution in [0.5, 0.6) is 0 Å². The Hall–Kier alpha value is -2.47. The van der Waals surface area contributed by atoms with Gasteiger partial charge in [0.2, 0.25) is 0 Å². The molecule has 0 bridgehead atoms. The van der Waals surface area contributed by atoms with Gasteiger partial charge < -0.3 is 15.1 Å². The zero-order valence-electron chi connectivity index (χ0n) is 16.8. The molecule has 2 fully saturated rings. The molecule has 4 rings (SSSR count). The maximum atomic E-state index is 13.1. The van der Waals surface area contributed by atoms with Crippen LogP contribution in [0.4, 0.5) is 10.5 Å². The lowest BCUT2D eigenvalue weighted by atomic mass is 10.0. The molecule has 6 heteroatoms. The molecule has 2 heterocycles. The van der Waals surface area contributed by atoms with Gasteiger partial charge in [0, 0.05) is 36.6 Å². The van der Waals surface area contributed by atoms with Gasteiger partial charge >= 0.3 is 6.03 Å². The Kier molecular flexibility index (Phi) is 5.81. The van der Waals surface area contributed by atoms with Gasteiger partial charge in [-0.1, -0.05) is 43.3 Å². The first-order valence-corrected chi connectivity index (χ1v) is 11.3. The largest absolute Gasteiger partial charge is 0.324 e. The Balaban J connectivity index is 1.41. The molecule has 0 unspecified atom stereocenters. The van der Waals surface area contributed by atoms with Crippen molar-refractivity contribution in [1.82, 2.24) is 9.80 Å². The van der Waals surface area contributed by atoms with Gasteiger partial charge in [-0.2, -0.15) is 0 Å². The summed E-state index contributed by atoms with van der Waals surface area (Å²) in [4.78, 5) is 29.6. The third-order valence-electron chi connectivity index (χ3n) is 5.92. The van der Waals surface area contributed by atoms with Crippen molar-refractivity contribution < 1.29 is 9.59 Å². The highest BCUT2D eigenvalue weighted by Gasteiger charge is 2.47. The first-order chi connectivity index (χ1) is 14.1. The van der Waals surface area contributed by atoms with Crippen LogP contribution in [0.2, 0.25) is 0 Å². The number of nitrogens with zero attached hydrogens (tertiary/aromatic N) is 2. The van der Waals surface area contributed by atoms with E-state index in [4.69, 9.17) is 0 Å². The molecule has 0 atom stereocenters. The average Bonchev–Trinajstić information content (AvgIpc) is 3.17. The van der Waals surface area contributed by atoms with Crippen molar-refractivity contribution in [2.75, 3.05) is 30.7 Å². The summed E-state index contributed by atoms with van der Waals surface area (Å²) < 4.78 is 0. The number of carbonyl (C=O) groups excluding carboxylic acids is 2. The predicted octanol–water partition coefficient (Wildman–Crippen LogP) is 4.46. The van der Waals surface area contributed by atoms with Gasteiger partial charge in [-0.05, 0) is 43.0 Å². The van der Waals surface area contributed by atoms with E-state index in [-0.39, 0.29) is 16.8 Å². The van der Waals surface area contributed by atoms with Gasteiger partial charge in [-0.3, -0.25) is 4.79 Å². The highest BCUT2D eigenvalue weighted by molar-refractivity contribution is 8.00. The van der Waals surface area contributed by atoms with E-state index in [2.05, 4.69) is 12.2 Å². The summed E-state index contributed by atoms with van der Waals surface area (Å²) in [7, 11) is 0. The van der Waals surface area contributed by atoms with E-state index in [0.717, 1.165) is 48.4 Å². The topological polar surface area (TPSA) is 52.7 Å². The van der Waals surface area contributed by atoms with E-state index in [1.165, 1.54) is 0 Å². The Morgan fingerprint density at radius 1 is 1.00 bits per heavy atom. The Bertz CT molecular complexity index is 879. The molecular formula is C23H27N3O2S. The van der Waals surface area contributed by atoms with Gasteiger partial charge in [0.15, 0.2) is 0 Å². The molecule has 0 aliphatic carbocycles. The number of likely N-dealkylation sites (tertiary alicyclic amines) is 1. The van der Waals surface area contributed by atoms with Gasteiger partial charge in [0.25, 0.3) is 5.91 Å². The molecule has 5 nitrogen and oxygen atoms in total. The van der Waals surface area contributed by atoms with E-state index in [0.29, 0.717) is 13.1 Å². The molecule has 29 heavy (non-hydrogen) atoms. The van der Waals surface area contributed by atoms with Crippen molar-refractivity contribution in [3.63, 3.8) is 0 Å². The fraction of sp³-hybridized carbons (Fsp3) is 0.391. The number of carbonyl (C=O) groups is 2. The van der Waals surface area contributed by atoms with Crippen LogP contribution < -0.4 is 5.32 Å². The first-order valence-electron chi connectivity index (χ1n) is 10.3. The molecule has 2 aliphatic heterocycles. The molecule has 0 radical (unpaired) electrons. The number of aryl methyl sites for hydroxylation is 1. The average molecular weight is 410 g/mol. The summed E-state index contributed by atoms with van der Waals surface area (Å²) in [5.41, 5.74) is 2.77. The Labute approximate surface area is 176 Å². The summed E-state index contributed by atoms with van der Waals surface area (Å²) in [6.45, 7) is 4.18. The highest BCUT2D eigenvalue weighted by Crippen LogP contribution is 2.44. The van der Waals surface area contributed by atoms with E-state index in [1.54, 1.807) is 0 Å². The molecule has 3 amide bonds. The quantitative estimate of drug-likeness (QED) is 0.814. The maximum Gasteiger partial charge on any atom is 0.321 e. The van der Waals surface area contributed by atoms with Crippen LogP contribution in [0, 0.1) is 0 Å². The summed E-state index contributed by atoms with van der Waals surface area (Å²) in [6, 6.07) is 17.4. The molecule has 2 aromatic carbocycles. The minimum absolute atomic E-state index is 0.0512. The monoisotopic (exact) mass is 409 g/mol. The standard InChI is InChI=1S/C23H27N3O2S/c1-2-18-8-6-7-11-20(18)24-22(28)25-14-12-23(13-15-25)26(16-17-29-23)21(27)19-9-4-3-5-10-19/h3-11H,2,12-17H2,1H3,(H,24,28). The fourth-order valence-corrected chi connectivity index (χ4v) is 5.71. The van der Waals surface area contributed by atoms with Crippen molar-refractivity contribution in [3.05, 3.63) is 65.7 Å². The van der Waals surface area contributed by atoms with Crippen LogP contribution in [0.3, 0.4) is 0 Å². The smallest absolute Gasteiger partial charge is 0.321 e. The van der Waals surface area contributed by atoms with Crippen LogP contribution in [-0.2, 0) is 6.42 Å². The number of urea groups is 1. The number of piperidine rings is 1. The van der Waals surface area contributed by atoms with Crippen molar-refractivity contribution in [2.45, 2.75) is 31.1 Å². The highest BCUT2D eigenvalue weighted by atomic mass is 32.2. The SMILES string of the molecule is CCc1ccccc1NC(=O)N1CCC2(CC1)SCCN2C(=O)c1ccccc1. The van der Waals surface area contributed by atoms with Gasteiger partial charge in [-0.25, -0.2) is 4.79 Å². The minimum Gasteiger partial charge on any atom is -0.324 e. The van der Waals surface area contributed by atoms with E-state index in [9.17, 15) is 9.59 Å². The second-order valence-electron chi connectivity index (χ2n) is 7.55. The summed E-state index contributed by atoms with van der Waals surface area (Å²) in [5.74, 6) is 1.06. The van der Waals surface area contributed by atoms with Crippen LogP contribution in [-0.4, -0.2) is 52.0 Å². The number of hydrogen-bond acceptors (Lipinski definition) is 3. The Morgan fingerprint density at radius 2 is 1.69 bits per heavy atom. The third kappa shape index (κ3) is 3.99. The molecule has 2 aliphatic rings. The van der Waals surface area contributed by atoms with Gasteiger partial charge in [0.05, 0.1) is 4.87 Å². The van der Waals surface area contributed by atoms with Crippen LogP contribution in [0.1, 0.15) is 35.7 Å². The molecule has 2 saturated heterocycles. The van der Waals surface area contributed by atoms with Crippen molar-refractivity contribution in [3.8, 4) is 0 Å². The van der Waals surface area contributed by atoms with Crippen LogP contribution >= 0.6 is 11.8 Å². The zero-order chi connectivity index (χ0) is 20.3. The number of para-hydroxylation sites is 1. The number of rotatable bonds is 3. The van der Waals surface area contributed by atoms with Crippen molar-refractivity contribution in [2.24, 2.45) is 0 Å². The number of amides is 3. The Morgan fingerprint density at radius 3 is 2.41 bits per heavy atom. The summed E-state index contributed by atoms with van der Waals surface area (Å²) in [5, 5.41) is 3.07. The van der Waals surface area contributed by atoms with E-state index >= 15 is 0 Å². The predicted molar refractivity (Wildman–Crippen MR) is 118 cm³/mol. The zero-order valence-corrected chi connectivity index (χ0v) is 17.6. The number of nitrogens with one attached hydrogen (secondary N) is 1. The normalized spacial score (nSPS) is 18.1. The van der Waals surface area contributed by atoms with Gasteiger partial charge in [0.1, 0.15) is 0 Å². The number of anilines is 1. The van der Waals surface area contributed by atoms with E-state index in [1.807, 2.05) is 76.2 Å². The van der Waals surface area contributed by atoms with E-state index < -0.39 is 0 Å². The van der Waals surface area contributed by atoms with Crippen molar-refractivity contribution >= 4 is 29.4 Å². The fourth-order valence-electron chi connectivity index (χ4n) is 4.25. The van der Waals surface area contributed by atoms with Gasteiger partial charge in [-0.15, -0.1) is 11.8 Å². The van der Waals surface area contributed by atoms with Crippen molar-refractivity contribution in [1.29, 1.82) is 0 Å². The molecule has 0 aromatic heterocycles. The lowest BCUT2D eigenvalue weighted by Gasteiger charge is -2.44. The second-order valence-corrected chi connectivity index (χ2v) is 9.00. The summed E-state index contributed by atoms with van der Waals surface area (Å²) in [6.07, 6.45) is 2.49. The maximum absolute atomic E-state index is 13.1. The molecule has 1 N–H and O–H groups in total. The molecule has 2 aromatic rings. The number of benzene rings is 2. The molecule has 0 saturated carbocycles. The van der Waals surface area contributed by atoms with Crippen LogP contribution in [0.15, 0.2) is 54.6 Å². The summed E-state index contributed by atoms with van der Waals surface area (Å²) >= 11 is 1.87. The number of thioether (sulfide) groups is 1. The number of hydrogen-bond donors (Lipinski definition) is 1.